The summed E-state index contributed by atoms with van der Waals surface area (Å²) in [5, 5.41) is 9.15. The fraction of sp³-hybridized carbons (Fsp3) is 0.524. The molecular weight excluding hydrogens is 345 g/mol. The quantitative estimate of drug-likeness (QED) is 0.873. The molecule has 27 heavy (non-hydrogen) atoms. The second-order valence-electron chi connectivity index (χ2n) is 7.56. The molecule has 0 aliphatic carbocycles. The molecule has 2 aliphatic rings. The van der Waals surface area contributed by atoms with Gasteiger partial charge in [-0.05, 0) is 55.8 Å². The lowest BCUT2D eigenvalue weighted by Crippen LogP contribution is -2.55. The molecule has 4 rings (SSSR count). The van der Waals surface area contributed by atoms with Crippen LogP contribution in [0.1, 0.15) is 24.4 Å². The van der Waals surface area contributed by atoms with Crippen molar-refractivity contribution in [2.45, 2.75) is 32.0 Å². The summed E-state index contributed by atoms with van der Waals surface area (Å²) >= 11 is 0. The van der Waals surface area contributed by atoms with Crippen molar-refractivity contribution in [3.8, 4) is 0 Å². The molecule has 0 saturated carbocycles. The van der Waals surface area contributed by atoms with E-state index in [0.717, 1.165) is 57.3 Å². The van der Waals surface area contributed by atoms with Crippen LogP contribution in [0.4, 0.5) is 10.1 Å². The number of likely N-dealkylation sites (tertiary alicyclic amines) is 1. The summed E-state index contributed by atoms with van der Waals surface area (Å²) in [6, 6.07) is 11.2. The molecule has 0 bridgehead atoms. The number of furan rings is 1. The maximum absolute atomic E-state index is 13.1. The van der Waals surface area contributed by atoms with E-state index in [1.807, 2.05) is 24.3 Å². The molecule has 2 saturated heterocycles. The molecule has 1 atom stereocenters. The molecule has 0 amide bonds. The first kappa shape index (κ1) is 18.5. The molecule has 2 aromatic rings. The van der Waals surface area contributed by atoms with Gasteiger partial charge in [0.1, 0.15) is 23.9 Å². The number of rotatable bonds is 5. The highest BCUT2D eigenvalue weighted by atomic mass is 19.1. The van der Waals surface area contributed by atoms with Gasteiger partial charge in [0.2, 0.25) is 0 Å². The minimum Gasteiger partial charge on any atom is -0.462 e. The van der Waals surface area contributed by atoms with Crippen molar-refractivity contribution >= 4 is 5.69 Å². The van der Waals surface area contributed by atoms with Gasteiger partial charge in [-0.2, -0.15) is 0 Å². The van der Waals surface area contributed by atoms with E-state index >= 15 is 0 Å². The molecule has 0 radical (unpaired) electrons. The van der Waals surface area contributed by atoms with E-state index in [-0.39, 0.29) is 12.4 Å². The average molecular weight is 373 g/mol. The van der Waals surface area contributed by atoms with Crippen LogP contribution in [0.15, 0.2) is 40.8 Å². The fourth-order valence-electron chi connectivity index (χ4n) is 4.28. The van der Waals surface area contributed by atoms with Gasteiger partial charge in [0, 0.05) is 44.5 Å². The van der Waals surface area contributed by atoms with Gasteiger partial charge >= 0.3 is 0 Å². The van der Waals surface area contributed by atoms with Crippen LogP contribution in [0.5, 0.6) is 0 Å². The van der Waals surface area contributed by atoms with E-state index in [1.54, 1.807) is 0 Å². The number of benzene rings is 1. The standard InChI is InChI=1S/C21H28FN3O2/c22-17-3-5-18(6-4-17)24-10-12-25(13-11-24)19-2-1-9-23(14-19)15-20-7-8-21(16-26)27-20/h3-8,19,26H,1-2,9-16H2. The van der Waals surface area contributed by atoms with Gasteiger partial charge in [-0.3, -0.25) is 9.80 Å². The molecular formula is C21H28FN3O2. The predicted octanol–water partition coefficient (Wildman–Crippen LogP) is 2.70. The summed E-state index contributed by atoms with van der Waals surface area (Å²) in [5.74, 6) is 1.39. The molecule has 1 N–H and O–H groups in total. The number of hydrogen-bond acceptors (Lipinski definition) is 5. The van der Waals surface area contributed by atoms with E-state index < -0.39 is 0 Å². The van der Waals surface area contributed by atoms with Crippen LogP contribution < -0.4 is 4.90 Å². The highest BCUT2D eigenvalue weighted by Gasteiger charge is 2.28. The zero-order valence-electron chi connectivity index (χ0n) is 15.7. The molecule has 2 fully saturated rings. The van der Waals surface area contributed by atoms with Crippen molar-refractivity contribution in [1.29, 1.82) is 0 Å². The smallest absolute Gasteiger partial charge is 0.129 e. The van der Waals surface area contributed by atoms with Crippen molar-refractivity contribution in [2.75, 3.05) is 44.2 Å². The van der Waals surface area contributed by atoms with E-state index in [0.29, 0.717) is 11.8 Å². The number of halogens is 1. The number of piperidine rings is 1. The molecule has 6 heteroatoms. The second-order valence-corrected chi connectivity index (χ2v) is 7.56. The minimum atomic E-state index is -0.178. The van der Waals surface area contributed by atoms with Gasteiger partial charge < -0.3 is 14.4 Å². The molecule has 1 aromatic carbocycles. The van der Waals surface area contributed by atoms with Crippen molar-refractivity contribution in [1.82, 2.24) is 9.80 Å². The highest BCUT2D eigenvalue weighted by molar-refractivity contribution is 5.46. The third kappa shape index (κ3) is 4.51. The average Bonchev–Trinajstić information content (AvgIpc) is 3.16. The summed E-state index contributed by atoms with van der Waals surface area (Å²) in [4.78, 5) is 7.41. The van der Waals surface area contributed by atoms with Crippen LogP contribution in [-0.2, 0) is 13.2 Å². The van der Waals surface area contributed by atoms with Crippen LogP contribution >= 0.6 is 0 Å². The van der Waals surface area contributed by atoms with E-state index in [4.69, 9.17) is 9.52 Å². The first-order valence-corrected chi connectivity index (χ1v) is 9.86. The molecule has 5 nitrogen and oxygen atoms in total. The van der Waals surface area contributed by atoms with E-state index in [2.05, 4.69) is 14.7 Å². The zero-order chi connectivity index (χ0) is 18.6. The van der Waals surface area contributed by atoms with Gasteiger partial charge in [-0.25, -0.2) is 4.39 Å². The van der Waals surface area contributed by atoms with Gasteiger partial charge in [-0.1, -0.05) is 0 Å². The van der Waals surface area contributed by atoms with Gasteiger partial charge in [0.05, 0.1) is 6.54 Å². The Morgan fingerprint density at radius 1 is 0.963 bits per heavy atom. The van der Waals surface area contributed by atoms with Crippen molar-refractivity contribution in [3.05, 3.63) is 53.7 Å². The Morgan fingerprint density at radius 2 is 1.70 bits per heavy atom. The molecule has 2 aliphatic heterocycles. The Morgan fingerprint density at radius 3 is 2.41 bits per heavy atom. The molecule has 0 spiro atoms. The molecule has 146 valence electrons. The van der Waals surface area contributed by atoms with Crippen molar-refractivity contribution < 1.29 is 13.9 Å². The lowest BCUT2D eigenvalue weighted by Gasteiger charge is -2.43. The normalized spacial score (nSPS) is 22.3. The van der Waals surface area contributed by atoms with Gasteiger partial charge in [-0.15, -0.1) is 0 Å². The first-order valence-electron chi connectivity index (χ1n) is 9.86. The third-order valence-electron chi connectivity index (χ3n) is 5.76. The summed E-state index contributed by atoms with van der Waals surface area (Å²) in [7, 11) is 0. The van der Waals surface area contributed by atoms with Gasteiger partial charge in [0.15, 0.2) is 0 Å². The first-order chi connectivity index (χ1) is 13.2. The zero-order valence-corrected chi connectivity index (χ0v) is 15.7. The number of aliphatic hydroxyl groups is 1. The van der Waals surface area contributed by atoms with Crippen LogP contribution in [0.3, 0.4) is 0 Å². The van der Waals surface area contributed by atoms with Crippen LogP contribution in [0.2, 0.25) is 0 Å². The molecule has 3 heterocycles. The van der Waals surface area contributed by atoms with Crippen LogP contribution in [0, 0.1) is 5.82 Å². The molecule has 1 unspecified atom stereocenters. The summed E-state index contributed by atoms with van der Waals surface area (Å²) < 4.78 is 18.8. The molecule has 1 aromatic heterocycles. The van der Waals surface area contributed by atoms with E-state index in [9.17, 15) is 4.39 Å². The number of anilines is 1. The van der Waals surface area contributed by atoms with Gasteiger partial charge in [0.25, 0.3) is 0 Å². The fourth-order valence-corrected chi connectivity index (χ4v) is 4.28. The Balaban J connectivity index is 1.29. The Hall–Kier alpha value is -1.89. The SMILES string of the molecule is OCc1ccc(CN2CCCC(N3CCN(c4ccc(F)cc4)CC3)C2)o1. The minimum absolute atomic E-state index is 0.0407. The number of nitrogens with zero attached hydrogens (tertiary/aromatic N) is 3. The number of piperazine rings is 1. The third-order valence-corrected chi connectivity index (χ3v) is 5.76. The second kappa shape index (κ2) is 8.42. The van der Waals surface area contributed by atoms with E-state index in [1.165, 1.54) is 25.0 Å². The van der Waals surface area contributed by atoms with Crippen molar-refractivity contribution in [2.24, 2.45) is 0 Å². The van der Waals surface area contributed by atoms with Crippen LogP contribution in [-0.4, -0.2) is 60.2 Å². The summed E-state index contributed by atoms with van der Waals surface area (Å²) in [5.41, 5.74) is 1.11. The Labute approximate surface area is 160 Å². The lowest BCUT2D eigenvalue weighted by atomic mass is 10.0. The van der Waals surface area contributed by atoms with Crippen molar-refractivity contribution in [3.63, 3.8) is 0 Å². The maximum Gasteiger partial charge on any atom is 0.129 e. The number of aliphatic hydroxyl groups excluding tert-OH is 1. The topological polar surface area (TPSA) is 43.1 Å². The summed E-state index contributed by atoms with van der Waals surface area (Å²) in [6.07, 6.45) is 2.45. The highest BCUT2D eigenvalue weighted by Crippen LogP contribution is 2.22. The van der Waals surface area contributed by atoms with Crippen LogP contribution in [0.25, 0.3) is 0 Å². The Kier molecular flexibility index (Phi) is 5.76. The lowest BCUT2D eigenvalue weighted by molar-refractivity contribution is 0.0842. The summed E-state index contributed by atoms with van der Waals surface area (Å²) in [6.45, 7) is 7.00. The largest absolute Gasteiger partial charge is 0.462 e. The number of hydrogen-bond donors (Lipinski definition) is 1. The monoisotopic (exact) mass is 373 g/mol. The Bertz CT molecular complexity index is 725. The maximum atomic E-state index is 13.1. The predicted molar refractivity (Wildman–Crippen MR) is 103 cm³/mol.